The van der Waals surface area contributed by atoms with Gasteiger partial charge in [-0.1, -0.05) is 18.2 Å². The second-order valence-electron chi connectivity index (χ2n) is 6.37. The summed E-state index contributed by atoms with van der Waals surface area (Å²) < 4.78 is 39.9. The van der Waals surface area contributed by atoms with Crippen LogP contribution in [0.25, 0.3) is 0 Å². The van der Waals surface area contributed by atoms with E-state index in [4.69, 9.17) is 5.10 Å². The first-order valence-corrected chi connectivity index (χ1v) is 9.33. The van der Waals surface area contributed by atoms with Gasteiger partial charge in [-0.25, -0.2) is 0 Å². The highest BCUT2D eigenvalue weighted by molar-refractivity contribution is 5.84. The summed E-state index contributed by atoms with van der Waals surface area (Å²) in [5, 5.41) is 10.2. The number of hydrogen-bond donors (Lipinski definition) is 1. The van der Waals surface area contributed by atoms with E-state index in [1.807, 2.05) is 24.9 Å². The van der Waals surface area contributed by atoms with Crippen molar-refractivity contribution in [3.8, 4) is 0 Å². The minimum atomic E-state index is -4.60. The molecule has 1 saturated heterocycles. The van der Waals surface area contributed by atoms with Crippen LogP contribution in [0.2, 0.25) is 0 Å². The molecule has 1 aliphatic heterocycles. The molecular formula is C20H34F3N3O. The largest absolute Gasteiger partial charge is 0.522 e. The number of nitrogens with one attached hydrogen (secondary N) is 1. The Balaban J connectivity index is 0.00000326. The van der Waals surface area contributed by atoms with E-state index < -0.39 is 13.0 Å². The molecule has 1 unspecified atom stereocenters. The molecule has 1 fully saturated rings. The Kier molecular flexibility index (Phi) is 12.7. The minimum absolute atomic E-state index is 0.0316. The first-order valence-electron chi connectivity index (χ1n) is 9.33. The maximum absolute atomic E-state index is 12.0. The van der Waals surface area contributed by atoms with Gasteiger partial charge in [0, 0.05) is 18.3 Å². The zero-order valence-electron chi connectivity index (χ0n) is 17.0. The fourth-order valence-corrected chi connectivity index (χ4v) is 2.77. The van der Waals surface area contributed by atoms with Gasteiger partial charge in [-0.15, -0.1) is 26.3 Å². The van der Waals surface area contributed by atoms with Crippen molar-refractivity contribution in [1.82, 2.24) is 10.3 Å². The lowest BCUT2D eigenvalue weighted by Crippen LogP contribution is -2.36. The van der Waals surface area contributed by atoms with Crippen LogP contribution < -0.4 is 5.32 Å². The topological polar surface area (TPSA) is 36.9 Å². The molecule has 0 aromatic rings. The highest BCUT2D eigenvalue weighted by Gasteiger charge is 2.28. The summed E-state index contributed by atoms with van der Waals surface area (Å²) in [4.78, 5) is 0. The lowest BCUT2D eigenvalue weighted by Gasteiger charge is -2.32. The third-order valence-corrected chi connectivity index (χ3v) is 4.06. The van der Waals surface area contributed by atoms with E-state index in [0.717, 1.165) is 37.9 Å². The third-order valence-electron chi connectivity index (χ3n) is 4.06. The van der Waals surface area contributed by atoms with Gasteiger partial charge in [-0.05, 0) is 59.1 Å². The van der Waals surface area contributed by atoms with Crippen molar-refractivity contribution in [3.05, 3.63) is 37.0 Å². The van der Waals surface area contributed by atoms with Crippen LogP contribution in [0.5, 0.6) is 0 Å². The number of allylic oxidation sites excluding steroid dienone is 1. The van der Waals surface area contributed by atoms with Gasteiger partial charge in [0.2, 0.25) is 0 Å². The summed E-state index contributed by atoms with van der Waals surface area (Å²) in [7, 11) is 0. The molecule has 0 bridgehead atoms. The van der Waals surface area contributed by atoms with Crippen molar-refractivity contribution in [3.63, 3.8) is 0 Å². The molecule has 4 nitrogen and oxygen atoms in total. The lowest BCUT2D eigenvalue weighted by molar-refractivity contribution is -0.319. The summed E-state index contributed by atoms with van der Waals surface area (Å²) in [5.74, 6) is 0. The standard InChI is InChI=1S/C18H30F3N3O.C2H4/c1-5-16(8-7-13-25-18(19,20)21)15(4)24(14(2)3)23-17-9-6-11-22-12-10-17;1-2/h5,7-8,14-15,22H,6,9-13H2,1-4H3;1-2H2/b8-7-,16-5+,23-17+;. The molecule has 0 aromatic heterocycles. The van der Waals surface area contributed by atoms with Crippen molar-refractivity contribution in [2.24, 2.45) is 5.10 Å². The molecule has 1 aliphatic rings. The predicted octanol–water partition coefficient (Wildman–Crippen LogP) is 5.06. The zero-order valence-corrected chi connectivity index (χ0v) is 17.0. The van der Waals surface area contributed by atoms with Gasteiger partial charge in [0.05, 0.1) is 12.6 Å². The molecule has 0 amide bonds. The average molecular weight is 390 g/mol. The van der Waals surface area contributed by atoms with Gasteiger partial charge < -0.3 is 5.32 Å². The average Bonchev–Trinajstić information content (AvgIpc) is 2.88. The SMILES string of the molecule is C/C=C(\C=C/COC(F)(F)F)C(C)N(/N=C1\CCCNCC1)C(C)C.C=C. The van der Waals surface area contributed by atoms with Crippen LogP contribution in [0.4, 0.5) is 13.2 Å². The molecule has 1 rings (SSSR count). The second kappa shape index (κ2) is 13.6. The number of hydrazone groups is 1. The van der Waals surface area contributed by atoms with Gasteiger partial charge in [0.25, 0.3) is 0 Å². The number of halogens is 3. The highest BCUT2D eigenvalue weighted by atomic mass is 19.4. The Morgan fingerprint density at radius 2 is 1.93 bits per heavy atom. The number of ether oxygens (including phenoxy) is 1. The quantitative estimate of drug-likeness (QED) is 0.376. The van der Waals surface area contributed by atoms with Crippen LogP contribution >= 0.6 is 0 Å². The van der Waals surface area contributed by atoms with E-state index >= 15 is 0 Å². The molecule has 0 aliphatic carbocycles. The molecule has 0 saturated carbocycles. The van der Waals surface area contributed by atoms with Crippen molar-refractivity contribution in [1.29, 1.82) is 0 Å². The van der Waals surface area contributed by atoms with E-state index in [1.165, 1.54) is 11.8 Å². The maximum Gasteiger partial charge on any atom is 0.522 e. The molecule has 0 spiro atoms. The number of rotatable bonds is 7. The summed E-state index contributed by atoms with van der Waals surface area (Å²) in [5.41, 5.74) is 2.08. The minimum Gasteiger partial charge on any atom is -0.316 e. The molecule has 27 heavy (non-hydrogen) atoms. The first kappa shape index (κ1) is 25.4. The van der Waals surface area contributed by atoms with Crippen molar-refractivity contribution in [2.45, 2.75) is 65.4 Å². The summed E-state index contributed by atoms with van der Waals surface area (Å²) >= 11 is 0. The van der Waals surface area contributed by atoms with E-state index in [0.29, 0.717) is 0 Å². The maximum atomic E-state index is 12.0. The Morgan fingerprint density at radius 3 is 2.48 bits per heavy atom. The van der Waals surface area contributed by atoms with Gasteiger partial charge >= 0.3 is 6.36 Å². The van der Waals surface area contributed by atoms with Gasteiger partial charge in [-0.3, -0.25) is 9.75 Å². The van der Waals surface area contributed by atoms with Crippen LogP contribution in [0.15, 0.2) is 42.1 Å². The normalized spacial score (nSPS) is 19.0. The molecule has 0 radical (unpaired) electrons. The van der Waals surface area contributed by atoms with Gasteiger partial charge in [0.15, 0.2) is 0 Å². The second-order valence-corrected chi connectivity index (χ2v) is 6.37. The van der Waals surface area contributed by atoms with Crippen LogP contribution in [0.3, 0.4) is 0 Å². The number of hydrogen-bond acceptors (Lipinski definition) is 4. The Bertz CT molecular complexity index is 489. The summed E-state index contributed by atoms with van der Waals surface area (Å²) in [6, 6.07) is 0.157. The number of nitrogens with zero attached hydrogens (tertiary/aromatic N) is 2. The molecule has 7 heteroatoms. The lowest BCUT2D eigenvalue weighted by atomic mass is 10.1. The monoisotopic (exact) mass is 389 g/mol. The fraction of sp³-hybridized carbons (Fsp3) is 0.650. The Labute approximate surface area is 161 Å². The molecule has 156 valence electrons. The summed E-state index contributed by atoms with van der Waals surface area (Å²) in [6.07, 6.45) is 3.35. The first-order chi connectivity index (χ1) is 12.7. The Hall–Kier alpha value is -1.60. The molecule has 1 heterocycles. The van der Waals surface area contributed by atoms with Gasteiger partial charge in [-0.2, -0.15) is 5.10 Å². The molecular weight excluding hydrogens is 355 g/mol. The summed E-state index contributed by atoms with van der Waals surface area (Å²) in [6.45, 7) is 15.5. The van der Waals surface area contributed by atoms with Gasteiger partial charge in [0.1, 0.15) is 0 Å². The van der Waals surface area contributed by atoms with Crippen LogP contribution in [-0.2, 0) is 4.74 Å². The predicted molar refractivity (Wildman–Crippen MR) is 107 cm³/mol. The van der Waals surface area contributed by atoms with E-state index in [9.17, 15) is 13.2 Å². The van der Waals surface area contributed by atoms with Crippen LogP contribution in [0, 0.1) is 0 Å². The fourth-order valence-electron chi connectivity index (χ4n) is 2.77. The Morgan fingerprint density at radius 1 is 1.26 bits per heavy atom. The van der Waals surface area contributed by atoms with Crippen molar-refractivity contribution >= 4 is 5.71 Å². The molecule has 1 atom stereocenters. The third kappa shape index (κ3) is 11.0. The highest BCUT2D eigenvalue weighted by Crippen LogP contribution is 2.19. The van der Waals surface area contributed by atoms with Crippen molar-refractivity contribution < 1.29 is 17.9 Å². The van der Waals surface area contributed by atoms with Crippen molar-refractivity contribution in [2.75, 3.05) is 19.7 Å². The van der Waals surface area contributed by atoms with E-state index in [1.54, 1.807) is 6.08 Å². The van der Waals surface area contributed by atoms with E-state index in [-0.39, 0.29) is 12.1 Å². The molecule has 1 N–H and O–H groups in total. The molecule has 0 aromatic carbocycles. The van der Waals surface area contributed by atoms with Crippen LogP contribution in [-0.4, -0.2) is 48.9 Å². The smallest absolute Gasteiger partial charge is 0.316 e. The van der Waals surface area contributed by atoms with E-state index in [2.05, 4.69) is 37.1 Å². The number of alkyl halides is 3. The zero-order chi connectivity index (χ0) is 20.9. The van der Waals surface area contributed by atoms with Crippen LogP contribution in [0.1, 0.15) is 47.0 Å².